The average molecular weight is 84.1 g/mol. The molecule has 1 heteroatoms. The van der Waals surface area contributed by atoms with Gasteiger partial charge in [-0.05, 0) is 25.7 Å². The molecular formula is C5H10N. The van der Waals surface area contributed by atoms with Crippen LogP contribution in [0.3, 0.4) is 0 Å². The molecule has 6 heavy (non-hydrogen) atoms. The monoisotopic (exact) mass is 84.1 g/mol. The molecule has 1 atom stereocenters. The molecule has 0 saturated heterocycles. The molecular weight excluding hydrogens is 74.1 g/mol. The van der Waals surface area contributed by atoms with Gasteiger partial charge in [0.05, 0.1) is 0 Å². The highest BCUT2D eigenvalue weighted by molar-refractivity contribution is 4.82. The topological polar surface area (TPSA) is 26.0 Å². The predicted molar refractivity (Wildman–Crippen MR) is 26.1 cm³/mol. The van der Waals surface area contributed by atoms with Gasteiger partial charge >= 0.3 is 0 Å². The van der Waals surface area contributed by atoms with Gasteiger partial charge in [-0.3, -0.25) is 0 Å². The van der Waals surface area contributed by atoms with E-state index in [1.165, 1.54) is 12.8 Å². The summed E-state index contributed by atoms with van der Waals surface area (Å²) in [6.45, 7) is 0. The highest BCUT2D eigenvalue weighted by Gasteiger charge is 2.07. The summed E-state index contributed by atoms with van der Waals surface area (Å²) in [4.78, 5) is 0. The second kappa shape index (κ2) is 1.61. The van der Waals surface area contributed by atoms with E-state index >= 15 is 0 Å². The second-order valence-electron chi connectivity index (χ2n) is 1.86. The fourth-order valence-corrected chi connectivity index (χ4v) is 0.782. The summed E-state index contributed by atoms with van der Waals surface area (Å²) in [5.41, 5.74) is 5.50. The third kappa shape index (κ3) is 0.716. The van der Waals surface area contributed by atoms with Crippen molar-refractivity contribution in [3.05, 3.63) is 6.42 Å². The Morgan fingerprint density at radius 3 is 2.67 bits per heavy atom. The third-order valence-electron chi connectivity index (χ3n) is 1.21. The lowest BCUT2D eigenvalue weighted by Gasteiger charge is -1.92. The van der Waals surface area contributed by atoms with Gasteiger partial charge in [0, 0.05) is 6.04 Å². The molecule has 2 N–H and O–H groups in total. The Bertz CT molecular complexity index is 37.2. The normalized spacial score (nSPS) is 25.5. The van der Waals surface area contributed by atoms with E-state index in [-0.39, 0.29) is 0 Å². The van der Waals surface area contributed by atoms with Crippen LogP contribution >= 0.6 is 0 Å². The molecule has 0 amide bonds. The van der Waals surface area contributed by atoms with Gasteiger partial charge in [0.25, 0.3) is 0 Å². The first-order valence-corrected chi connectivity index (χ1v) is 2.47. The van der Waals surface area contributed by atoms with Gasteiger partial charge in [-0.1, -0.05) is 0 Å². The van der Waals surface area contributed by atoms with E-state index in [0.29, 0.717) is 6.04 Å². The van der Waals surface area contributed by atoms with Crippen LogP contribution in [0.4, 0.5) is 0 Å². The van der Waals surface area contributed by atoms with Crippen molar-refractivity contribution in [3.8, 4) is 0 Å². The predicted octanol–water partition coefficient (Wildman–Crippen LogP) is 0.702. The van der Waals surface area contributed by atoms with E-state index in [1.807, 2.05) is 0 Å². The van der Waals surface area contributed by atoms with Crippen molar-refractivity contribution in [2.24, 2.45) is 5.73 Å². The molecule has 1 saturated carbocycles. The quantitative estimate of drug-likeness (QED) is 0.459. The molecule has 1 unspecified atom stereocenters. The highest BCUT2D eigenvalue weighted by Crippen LogP contribution is 2.13. The Labute approximate surface area is 38.5 Å². The van der Waals surface area contributed by atoms with Crippen LogP contribution in [0, 0.1) is 6.42 Å². The Morgan fingerprint density at radius 2 is 2.50 bits per heavy atom. The number of hydrogen-bond acceptors (Lipinski definition) is 1. The lowest BCUT2D eigenvalue weighted by molar-refractivity contribution is 0.711. The fraction of sp³-hybridized carbons (Fsp3) is 0.800. The molecule has 0 aromatic rings. The molecule has 1 aliphatic carbocycles. The molecule has 0 heterocycles. The van der Waals surface area contributed by atoms with E-state index in [1.54, 1.807) is 0 Å². The van der Waals surface area contributed by atoms with Crippen molar-refractivity contribution in [1.82, 2.24) is 0 Å². The molecule has 1 aliphatic rings. The summed E-state index contributed by atoms with van der Waals surface area (Å²) in [7, 11) is 0. The summed E-state index contributed by atoms with van der Waals surface area (Å²) in [6.07, 6.45) is 5.84. The second-order valence-corrected chi connectivity index (χ2v) is 1.86. The maximum Gasteiger partial charge on any atom is 0.00416 e. The van der Waals surface area contributed by atoms with Crippen LogP contribution < -0.4 is 5.73 Å². The molecule has 1 rings (SSSR count). The number of hydrogen-bond donors (Lipinski definition) is 1. The van der Waals surface area contributed by atoms with Gasteiger partial charge in [-0.15, -0.1) is 0 Å². The van der Waals surface area contributed by atoms with Crippen molar-refractivity contribution < 1.29 is 0 Å². The van der Waals surface area contributed by atoms with E-state index in [2.05, 4.69) is 6.42 Å². The Balaban J connectivity index is 2.18. The van der Waals surface area contributed by atoms with Gasteiger partial charge < -0.3 is 5.73 Å². The molecule has 1 radical (unpaired) electrons. The summed E-state index contributed by atoms with van der Waals surface area (Å²) < 4.78 is 0. The Morgan fingerprint density at radius 1 is 1.67 bits per heavy atom. The van der Waals surface area contributed by atoms with Crippen molar-refractivity contribution in [3.63, 3.8) is 0 Å². The maximum atomic E-state index is 5.50. The van der Waals surface area contributed by atoms with Gasteiger partial charge in [-0.25, -0.2) is 0 Å². The Kier molecular flexibility index (Phi) is 1.10. The first kappa shape index (κ1) is 4.13. The molecule has 0 spiro atoms. The van der Waals surface area contributed by atoms with Crippen LogP contribution in [0.2, 0.25) is 0 Å². The summed E-state index contributed by atoms with van der Waals surface area (Å²) in [6, 6.07) is 0.491. The molecule has 0 bridgehead atoms. The van der Waals surface area contributed by atoms with E-state index in [4.69, 9.17) is 5.73 Å². The van der Waals surface area contributed by atoms with Crippen molar-refractivity contribution in [2.45, 2.75) is 25.3 Å². The zero-order valence-electron chi connectivity index (χ0n) is 3.85. The van der Waals surface area contributed by atoms with Crippen molar-refractivity contribution in [1.29, 1.82) is 0 Å². The SMILES string of the molecule is NC1C[CH]CC1. The summed E-state index contributed by atoms with van der Waals surface area (Å²) >= 11 is 0. The van der Waals surface area contributed by atoms with Gasteiger partial charge in [-0.2, -0.15) is 0 Å². The minimum Gasteiger partial charge on any atom is -0.328 e. The zero-order chi connectivity index (χ0) is 4.41. The largest absolute Gasteiger partial charge is 0.328 e. The molecule has 1 nitrogen and oxygen atoms in total. The average Bonchev–Trinajstić information content (AvgIpc) is 1.86. The Hall–Kier alpha value is -0.0400. The lowest BCUT2D eigenvalue weighted by Crippen LogP contribution is -2.13. The molecule has 0 aromatic heterocycles. The van der Waals surface area contributed by atoms with Gasteiger partial charge in [0.2, 0.25) is 0 Å². The molecule has 35 valence electrons. The van der Waals surface area contributed by atoms with E-state index in [9.17, 15) is 0 Å². The first-order valence-electron chi connectivity index (χ1n) is 2.47. The maximum absolute atomic E-state index is 5.50. The van der Waals surface area contributed by atoms with E-state index in [0.717, 1.165) is 6.42 Å². The zero-order valence-corrected chi connectivity index (χ0v) is 3.85. The van der Waals surface area contributed by atoms with Crippen LogP contribution in [0.1, 0.15) is 19.3 Å². The van der Waals surface area contributed by atoms with Crippen molar-refractivity contribution >= 4 is 0 Å². The number of rotatable bonds is 0. The smallest absolute Gasteiger partial charge is 0.00416 e. The number of nitrogens with two attached hydrogens (primary N) is 1. The van der Waals surface area contributed by atoms with Crippen LogP contribution in [0.15, 0.2) is 0 Å². The van der Waals surface area contributed by atoms with E-state index < -0.39 is 0 Å². The highest BCUT2D eigenvalue weighted by atomic mass is 14.6. The molecule has 0 aliphatic heterocycles. The van der Waals surface area contributed by atoms with Crippen LogP contribution in [0.5, 0.6) is 0 Å². The summed E-state index contributed by atoms with van der Waals surface area (Å²) in [5, 5.41) is 0. The van der Waals surface area contributed by atoms with Crippen LogP contribution in [0.25, 0.3) is 0 Å². The molecule has 1 fully saturated rings. The summed E-state index contributed by atoms with van der Waals surface area (Å²) in [5.74, 6) is 0. The van der Waals surface area contributed by atoms with Crippen molar-refractivity contribution in [2.75, 3.05) is 0 Å². The first-order chi connectivity index (χ1) is 2.89. The molecule has 0 aromatic carbocycles. The fourth-order valence-electron chi connectivity index (χ4n) is 0.782. The van der Waals surface area contributed by atoms with Crippen LogP contribution in [-0.2, 0) is 0 Å². The van der Waals surface area contributed by atoms with Gasteiger partial charge in [0.15, 0.2) is 0 Å². The van der Waals surface area contributed by atoms with Crippen LogP contribution in [-0.4, -0.2) is 6.04 Å². The minimum atomic E-state index is 0.491. The third-order valence-corrected chi connectivity index (χ3v) is 1.21. The lowest BCUT2D eigenvalue weighted by atomic mass is 10.3. The minimum absolute atomic E-state index is 0.491. The van der Waals surface area contributed by atoms with Gasteiger partial charge in [0.1, 0.15) is 0 Å². The standard InChI is InChI=1S/C5H10N/c6-5-3-1-2-4-5/h1,5H,2-4,6H2.